The van der Waals surface area contributed by atoms with Crippen LogP contribution in [0.5, 0.6) is 5.75 Å². The number of aliphatic hydroxyl groups excluding tert-OH is 1. The van der Waals surface area contributed by atoms with Gasteiger partial charge in [0.2, 0.25) is 0 Å². The molecule has 0 aromatic heterocycles. The summed E-state index contributed by atoms with van der Waals surface area (Å²) < 4.78 is 6.06. The summed E-state index contributed by atoms with van der Waals surface area (Å²) in [5.41, 5.74) is 1.31. The van der Waals surface area contributed by atoms with Crippen LogP contribution in [0.3, 0.4) is 0 Å². The molecule has 140 valence electrons. The van der Waals surface area contributed by atoms with E-state index in [1.54, 1.807) is 0 Å². The molecule has 2 fully saturated rings. The van der Waals surface area contributed by atoms with Crippen LogP contribution in [0.15, 0.2) is 24.3 Å². The smallest absolute Gasteiger partial charge is 0.257 e. The molecule has 25 heavy (non-hydrogen) atoms. The summed E-state index contributed by atoms with van der Waals surface area (Å²) in [5.74, 6) is 3.08. The molecule has 5 nitrogen and oxygen atoms in total. The highest BCUT2D eigenvalue weighted by atomic mass is 35.5. The zero-order chi connectivity index (χ0) is 16.8. The molecule has 2 unspecified atom stereocenters. The van der Waals surface area contributed by atoms with Crippen LogP contribution in [0.4, 0.5) is 0 Å². The van der Waals surface area contributed by atoms with Crippen molar-refractivity contribution in [1.29, 1.82) is 0 Å². The van der Waals surface area contributed by atoms with E-state index in [0.717, 1.165) is 6.54 Å². The van der Waals surface area contributed by atoms with Crippen molar-refractivity contribution in [2.45, 2.75) is 17.1 Å². The fourth-order valence-corrected chi connectivity index (χ4v) is 5.67. The van der Waals surface area contributed by atoms with E-state index in [4.69, 9.17) is 4.74 Å². The summed E-state index contributed by atoms with van der Waals surface area (Å²) >= 11 is 3.98. The number of rotatable bonds is 6. The Balaban J connectivity index is 0.00000225. The number of amides is 1. The first-order valence-electron chi connectivity index (χ1n) is 8.34. The molecule has 3 N–H and O–H groups in total. The van der Waals surface area contributed by atoms with Crippen molar-refractivity contribution in [1.82, 2.24) is 10.6 Å². The molecule has 1 amide bonds. The number of hydrogen-bond acceptors (Lipinski definition) is 6. The summed E-state index contributed by atoms with van der Waals surface area (Å²) in [6, 6.07) is 8.04. The van der Waals surface area contributed by atoms with Crippen LogP contribution in [0, 0.1) is 5.92 Å². The standard InChI is InChI=1S/C17H24N2O3S2.ClH/c20-15-10-18-8-13(15)9-19-16(21)11-22-14-4-2-12(3-5-14)17-23-6-1-7-24-17;/h2-5,13,15,17-18,20H,1,6-11H2,(H,19,21);1H. The Labute approximate surface area is 163 Å². The van der Waals surface area contributed by atoms with Gasteiger partial charge >= 0.3 is 0 Å². The van der Waals surface area contributed by atoms with E-state index in [9.17, 15) is 9.90 Å². The Hall–Kier alpha value is -0.600. The van der Waals surface area contributed by atoms with E-state index in [-0.39, 0.29) is 36.9 Å². The second kappa shape index (κ2) is 10.5. The van der Waals surface area contributed by atoms with Gasteiger partial charge in [0, 0.05) is 25.6 Å². The monoisotopic (exact) mass is 404 g/mol. The number of thioether (sulfide) groups is 2. The van der Waals surface area contributed by atoms with E-state index in [1.165, 1.54) is 23.5 Å². The predicted octanol–water partition coefficient (Wildman–Crippen LogP) is 2.05. The number of hydrogen-bond donors (Lipinski definition) is 3. The first-order valence-corrected chi connectivity index (χ1v) is 10.4. The molecule has 2 atom stereocenters. The van der Waals surface area contributed by atoms with Crippen LogP contribution in [-0.4, -0.2) is 54.9 Å². The summed E-state index contributed by atoms with van der Waals surface area (Å²) in [5, 5.41) is 15.6. The van der Waals surface area contributed by atoms with Crippen molar-refractivity contribution >= 4 is 41.8 Å². The van der Waals surface area contributed by atoms with Gasteiger partial charge in [-0.1, -0.05) is 12.1 Å². The SMILES string of the molecule is Cl.O=C(COc1ccc(C2SCCCS2)cc1)NCC1CNCC1O. The Bertz CT molecular complexity index is 541. The fourth-order valence-electron chi connectivity index (χ4n) is 2.77. The van der Waals surface area contributed by atoms with Crippen molar-refractivity contribution in [3.8, 4) is 5.75 Å². The Morgan fingerprint density at radius 3 is 2.60 bits per heavy atom. The number of ether oxygens (including phenoxy) is 1. The average Bonchev–Trinajstić information content (AvgIpc) is 3.04. The Morgan fingerprint density at radius 1 is 1.24 bits per heavy atom. The number of β-amino-alcohol motifs (C(OH)–C–C–N with tert-alkyl or cyclic N) is 1. The molecule has 8 heteroatoms. The lowest BCUT2D eigenvalue weighted by Gasteiger charge is -2.21. The molecule has 0 aliphatic carbocycles. The maximum Gasteiger partial charge on any atom is 0.257 e. The van der Waals surface area contributed by atoms with E-state index >= 15 is 0 Å². The molecule has 1 aromatic rings. The van der Waals surface area contributed by atoms with Gasteiger partial charge in [0.25, 0.3) is 5.91 Å². The largest absolute Gasteiger partial charge is 0.484 e. The minimum absolute atomic E-state index is 0. The summed E-state index contributed by atoms with van der Waals surface area (Å²) in [7, 11) is 0. The minimum atomic E-state index is -0.380. The summed E-state index contributed by atoms with van der Waals surface area (Å²) in [6.45, 7) is 1.82. The second-order valence-corrected chi connectivity index (χ2v) is 8.80. The first kappa shape index (κ1) is 20.7. The van der Waals surface area contributed by atoms with Crippen LogP contribution in [0.25, 0.3) is 0 Å². The molecule has 1 aromatic carbocycles. The molecule has 0 bridgehead atoms. The molecule has 2 saturated heterocycles. The quantitative estimate of drug-likeness (QED) is 0.674. The first-order chi connectivity index (χ1) is 11.7. The van der Waals surface area contributed by atoms with Gasteiger partial charge in [0.15, 0.2) is 6.61 Å². The number of halogens is 1. The van der Waals surface area contributed by atoms with E-state index < -0.39 is 0 Å². The molecular weight excluding hydrogens is 380 g/mol. The van der Waals surface area contributed by atoms with Crippen LogP contribution in [-0.2, 0) is 4.79 Å². The van der Waals surface area contributed by atoms with Gasteiger partial charge in [-0.25, -0.2) is 0 Å². The fraction of sp³-hybridized carbons (Fsp3) is 0.588. The van der Waals surface area contributed by atoms with Gasteiger partial charge in [-0.15, -0.1) is 35.9 Å². The van der Waals surface area contributed by atoms with Crippen LogP contribution in [0.2, 0.25) is 0 Å². The normalized spacial score (nSPS) is 23.7. The zero-order valence-electron chi connectivity index (χ0n) is 14.0. The van der Waals surface area contributed by atoms with Crippen molar-refractivity contribution in [3.63, 3.8) is 0 Å². The predicted molar refractivity (Wildman–Crippen MR) is 107 cm³/mol. The van der Waals surface area contributed by atoms with E-state index in [2.05, 4.69) is 22.8 Å². The molecule has 3 rings (SSSR count). The number of benzene rings is 1. The van der Waals surface area contributed by atoms with Crippen LogP contribution in [0.1, 0.15) is 16.6 Å². The van der Waals surface area contributed by atoms with Crippen molar-refractivity contribution in [2.24, 2.45) is 5.92 Å². The highest BCUT2D eigenvalue weighted by Crippen LogP contribution is 2.43. The number of carbonyl (C=O) groups is 1. The molecule has 0 radical (unpaired) electrons. The lowest BCUT2D eigenvalue weighted by molar-refractivity contribution is -0.123. The van der Waals surface area contributed by atoms with Gasteiger partial charge in [-0.05, 0) is 35.6 Å². The number of nitrogens with one attached hydrogen (secondary N) is 2. The third-order valence-corrected chi connectivity index (χ3v) is 7.23. The van der Waals surface area contributed by atoms with Gasteiger partial charge < -0.3 is 20.5 Å². The van der Waals surface area contributed by atoms with Gasteiger partial charge in [0.1, 0.15) is 5.75 Å². The van der Waals surface area contributed by atoms with Crippen LogP contribution < -0.4 is 15.4 Å². The van der Waals surface area contributed by atoms with Crippen molar-refractivity contribution in [3.05, 3.63) is 29.8 Å². The zero-order valence-corrected chi connectivity index (χ0v) is 16.4. The summed E-state index contributed by atoms with van der Waals surface area (Å²) in [4.78, 5) is 11.8. The highest BCUT2D eigenvalue weighted by Gasteiger charge is 2.25. The molecule has 0 spiro atoms. The maximum absolute atomic E-state index is 11.8. The summed E-state index contributed by atoms with van der Waals surface area (Å²) in [6.07, 6.45) is 0.907. The van der Waals surface area contributed by atoms with Crippen LogP contribution >= 0.6 is 35.9 Å². The Kier molecular flexibility index (Phi) is 8.72. The number of aliphatic hydroxyl groups is 1. The number of carbonyl (C=O) groups excluding carboxylic acids is 1. The molecular formula is C17H25ClN2O3S2. The minimum Gasteiger partial charge on any atom is -0.484 e. The van der Waals surface area contributed by atoms with Crippen molar-refractivity contribution in [2.75, 3.05) is 37.7 Å². The third kappa shape index (κ3) is 6.25. The van der Waals surface area contributed by atoms with Gasteiger partial charge in [-0.3, -0.25) is 4.79 Å². The lowest BCUT2D eigenvalue weighted by atomic mass is 10.1. The van der Waals surface area contributed by atoms with Gasteiger partial charge in [0.05, 0.1) is 10.7 Å². The van der Waals surface area contributed by atoms with Crippen molar-refractivity contribution < 1.29 is 14.6 Å². The van der Waals surface area contributed by atoms with Gasteiger partial charge in [-0.2, -0.15) is 0 Å². The second-order valence-electron chi connectivity index (χ2n) is 6.07. The molecule has 0 saturated carbocycles. The van der Waals surface area contributed by atoms with E-state index in [0.29, 0.717) is 23.4 Å². The highest BCUT2D eigenvalue weighted by molar-refractivity contribution is 8.16. The van der Waals surface area contributed by atoms with E-state index in [1.807, 2.05) is 35.7 Å². The molecule has 2 aliphatic rings. The topological polar surface area (TPSA) is 70.6 Å². The molecule has 2 aliphatic heterocycles. The lowest BCUT2D eigenvalue weighted by Crippen LogP contribution is -2.36. The Morgan fingerprint density at radius 2 is 1.96 bits per heavy atom. The average molecular weight is 405 g/mol. The molecule has 2 heterocycles. The third-order valence-electron chi connectivity index (χ3n) is 4.21. The maximum atomic E-state index is 11.8.